The van der Waals surface area contributed by atoms with Gasteiger partial charge in [0.05, 0.1) is 6.10 Å². The summed E-state index contributed by atoms with van der Waals surface area (Å²) in [6, 6.07) is 2.00. The molecule has 0 N–H and O–H groups in total. The summed E-state index contributed by atoms with van der Waals surface area (Å²) in [5.41, 5.74) is 3.49. The Kier molecular flexibility index (Phi) is 3.99. The highest BCUT2D eigenvalue weighted by Gasteiger charge is 2.23. The molecule has 0 fully saturated rings. The third-order valence-electron chi connectivity index (χ3n) is 2.87. The standard InChI is InChI=1S/C13H20O3S/c1-8(2)16-17(14,15)13-11(5)9(3)7-10(4)12(13)6/h7-8H,1-6H3. The summed E-state index contributed by atoms with van der Waals surface area (Å²) in [6.45, 7) is 10.9. The van der Waals surface area contributed by atoms with Crippen molar-refractivity contribution in [3.63, 3.8) is 0 Å². The van der Waals surface area contributed by atoms with Crippen LogP contribution in [0.2, 0.25) is 0 Å². The first kappa shape index (κ1) is 14.2. The van der Waals surface area contributed by atoms with Crippen molar-refractivity contribution in [1.82, 2.24) is 0 Å². The van der Waals surface area contributed by atoms with Gasteiger partial charge in [0, 0.05) is 0 Å². The Hall–Kier alpha value is -0.870. The van der Waals surface area contributed by atoms with Crippen molar-refractivity contribution in [2.75, 3.05) is 0 Å². The van der Waals surface area contributed by atoms with Gasteiger partial charge in [0.2, 0.25) is 0 Å². The van der Waals surface area contributed by atoms with E-state index >= 15 is 0 Å². The van der Waals surface area contributed by atoms with E-state index in [1.54, 1.807) is 13.8 Å². The largest absolute Gasteiger partial charge is 0.297 e. The third-order valence-corrected chi connectivity index (χ3v) is 4.62. The number of rotatable bonds is 3. The maximum Gasteiger partial charge on any atom is 0.297 e. The predicted octanol–water partition coefficient (Wildman–Crippen LogP) is 3.03. The van der Waals surface area contributed by atoms with Crippen LogP contribution in [0.25, 0.3) is 0 Å². The van der Waals surface area contributed by atoms with Crippen molar-refractivity contribution < 1.29 is 12.6 Å². The van der Waals surface area contributed by atoms with E-state index in [-0.39, 0.29) is 6.10 Å². The molecule has 3 nitrogen and oxygen atoms in total. The molecular weight excluding hydrogens is 236 g/mol. The Morgan fingerprint density at radius 2 is 1.41 bits per heavy atom. The highest BCUT2D eigenvalue weighted by atomic mass is 32.2. The molecule has 0 aliphatic carbocycles. The second kappa shape index (κ2) is 4.78. The summed E-state index contributed by atoms with van der Waals surface area (Å²) < 4.78 is 29.4. The molecule has 0 aliphatic rings. The molecule has 1 aromatic carbocycles. The molecule has 0 aliphatic heterocycles. The molecule has 0 saturated heterocycles. The lowest BCUT2D eigenvalue weighted by Gasteiger charge is -2.16. The molecule has 4 heteroatoms. The van der Waals surface area contributed by atoms with E-state index < -0.39 is 10.1 Å². The van der Waals surface area contributed by atoms with Gasteiger partial charge in [-0.05, 0) is 63.8 Å². The van der Waals surface area contributed by atoms with Crippen LogP contribution >= 0.6 is 0 Å². The molecule has 17 heavy (non-hydrogen) atoms. The van der Waals surface area contributed by atoms with Crippen molar-refractivity contribution in [3.05, 3.63) is 28.3 Å². The summed E-state index contributed by atoms with van der Waals surface area (Å²) in [6.07, 6.45) is -0.348. The van der Waals surface area contributed by atoms with E-state index in [1.807, 2.05) is 33.8 Å². The molecule has 0 heterocycles. The Morgan fingerprint density at radius 1 is 1.00 bits per heavy atom. The molecule has 0 bridgehead atoms. The summed E-state index contributed by atoms with van der Waals surface area (Å²) in [4.78, 5) is 0.323. The van der Waals surface area contributed by atoms with Crippen molar-refractivity contribution >= 4 is 10.1 Å². The van der Waals surface area contributed by atoms with E-state index in [0.717, 1.165) is 22.3 Å². The average molecular weight is 256 g/mol. The van der Waals surface area contributed by atoms with Gasteiger partial charge in [-0.3, -0.25) is 4.18 Å². The van der Waals surface area contributed by atoms with Gasteiger partial charge in [0.1, 0.15) is 4.90 Å². The van der Waals surface area contributed by atoms with Crippen LogP contribution in [0.15, 0.2) is 11.0 Å². The fourth-order valence-electron chi connectivity index (χ4n) is 1.86. The molecule has 0 radical (unpaired) electrons. The van der Waals surface area contributed by atoms with Crippen molar-refractivity contribution in [2.24, 2.45) is 0 Å². The van der Waals surface area contributed by atoms with Gasteiger partial charge < -0.3 is 0 Å². The van der Waals surface area contributed by atoms with E-state index in [1.165, 1.54) is 0 Å². The van der Waals surface area contributed by atoms with Gasteiger partial charge in [-0.1, -0.05) is 6.07 Å². The zero-order chi connectivity index (χ0) is 13.4. The number of hydrogen-bond acceptors (Lipinski definition) is 3. The molecule has 0 amide bonds. The SMILES string of the molecule is Cc1cc(C)c(C)c(S(=O)(=O)OC(C)C)c1C. The quantitative estimate of drug-likeness (QED) is 0.781. The molecular formula is C13H20O3S. The first-order valence-electron chi connectivity index (χ1n) is 5.67. The topological polar surface area (TPSA) is 43.4 Å². The van der Waals surface area contributed by atoms with Crippen LogP contribution in [0.1, 0.15) is 36.1 Å². The maximum atomic E-state index is 12.2. The first-order chi connectivity index (χ1) is 7.66. The fraction of sp³-hybridized carbons (Fsp3) is 0.538. The van der Waals surface area contributed by atoms with Gasteiger partial charge >= 0.3 is 0 Å². The predicted molar refractivity (Wildman–Crippen MR) is 68.8 cm³/mol. The molecule has 0 unspecified atom stereocenters. The van der Waals surface area contributed by atoms with Crippen LogP contribution in [-0.4, -0.2) is 14.5 Å². The molecule has 1 rings (SSSR count). The summed E-state index contributed by atoms with van der Waals surface area (Å²) >= 11 is 0. The lowest BCUT2D eigenvalue weighted by atomic mass is 10.0. The molecule has 0 spiro atoms. The highest BCUT2D eigenvalue weighted by Crippen LogP contribution is 2.27. The van der Waals surface area contributed by atoms with Gasteiger partial charge in [-0.25, -0.2) is 0 Å². The maximum absolute atomic E-state index is 12.2. The van der Waals surface area contributed by atoms with Crippen LogP contribution < -0.4 is 0 Å². The Labute approximate surface area is 104 Å². The minimum Gasteiger partial charge on any atom is -0.264 e. The molecule has 0 saturated carbocycles. The van der Waals surface area contributed by atoms with Crippen LogP contribution in [-0.2, 0) is 14.3 Å². The zero-order valence-corrected chi connectivity index (χ0v) is 12.1. The molecule has 1 aromatic rings. The smallest absolute Gasteiger partial charge is 0.264 e. The summed E-state index contributed by atoms with van der Waals surface area (Å²) in [5.74, 6) is 0. The highest BCUT2D eigenvalue weighted by molar-refractivity contribution is 7.86. The van der Waals surface area contributed by atoms with Gasteiger partial charge in [-0.2, -0.15) is 8.42 Å². The first-order valence-corrected chi connectivity index (χ1v) is 7.08. The number of benzene rings is 1. The van der Waals surface area contributed by atoms with Crippen molar-refractivity contribution in [2.45, 2.75) is 52.5 Å². The van der Waals surface area contributed by atoms with E-state index in [0.29, 0.717) is 4.90 Å². The minimum atomic E-state index is -3.67. The molecule has 0 atom stereocenters. The fourth-order valence-corrected chi connectivity index (χ4v) is 3.53. The zero-order valence-electron chi connectivity index (χ0n) is 11.3. The van der Waals surface area contributed by atoms with Gasteiger partial charge in [0.25, 0.3) is 10.1 Å². The lowest BCUT2D eigenvalue weighted by molar-refractivity contribution is 0.248. The minimum absolute atomic E-state index is 0.323. The Morgan fingerprint density at radius 3 is 1.76 bits per heavy atom. The molecule has 0 aromatic heterocycles. The Balaban J connectivity index is 3.51. The van der Waals surface area contributed by atoms with Gasteiger partial charge in [0.15, 0.2) is 0 Å². The normalized spacial score (nSPS) is 12.2. The van der Waals surface area contributed by atoms with E-state index in [2.05, 4.69) is 0 Å². The number of aryl methyl sites for hydroxylation is 2. The third kappa shape index (κ3) is 2.87. The monoisotopic (exact) mass is 256 g/mol. The van der Waals surface area contributed by atoms with Gasteiger partial charge in [-0.15, -0.1) is 0 Å². The van der Waals surface area contributed by atoms with E-state index in [9.17, 15) is 8.42 Å². The summed E-state index contributed by atoms with van der Waals surface area (Å²) in [5, 5.41) is 0. The summed E-state index contributed by atoms with van der Waals surface area (Å²) in [7, 11) is -3.67. The van der Waals surface area contributed by atoms with E-state index in [4.69, 9.17) is 4.18 Å². The van der Waals surface area contributed by atoms with Crippen LogP contribution in [0.5, 0.6) is 0 Å². The van der Waals surface area contributed by atoms with Crippen LogP contribution in [0, 0.1) is 27.7 Å². The average Bonchev–Trinajstić information content (AvgIpc) is 2.12. The van der Waals surface area contributed by atoms with Crippen LogP contribution in [0.4, 0.5) is 0 Å². The van der Waals surface area contributed by atoms with Crippen LogP contribution in [0.3, 0.4) is 0 Å². The second-order valence-electron chi connectivity index (χ2n) is 4.69. The second-order valence-corrected chi connectivity index (χ2v) is 6.20. The van der Waals surface area contributed by atoms with Crippen molar-refractivity contribution in [3.8, 4) is 0 Å². The molecule has 96 valence electrons. The number of hydrogen-bond donors (Lipinski definition) is 0. The Bertz CT molecular complexity index is 502. The van der Waals surface area contributed by atoms with Crippen molar-refractivity contribution in [1.29, 1.82) is 0 Å². The lowest BCUT2D eigenvalue weighted by Crippen LogP contribution is -2.16.